The van der Waals surface area contributed by atoms with Gasteiger partial charge < -0.3 is 4.90 Å². The highest BCUT2D eigenvalue weighted by molar-refractivity contribution is 7.20. The number of non-ortho nitro benzene ring substituents is 1. The predicted octanol–water partition coefficient (Wildman–Crippen LogP) is 4.79. The number of para-hydroxylation sites is 1. The number of amides is 1. The lowest BCUT2D eigenvalue weighted by Gasteiger charge is -2.35. The van der Waals surface area contributed by atoms with Crippen molar-refractivity contribution in [2.24, 2.45) is 0 Å². The molecule has 1 aliphatic heterocycles. The Labute approximate surface area is 148 Å². The summed E-state index contributed by atoms with van der Waals surface area (Å²) in [5.74, 6) is -0.0384. The lowest BCUT2D eigenvalue weighted by molar-refractivity contribution is -0.384. The molecule has 4 rings (SSSR count). The van der Waals surface area contributed by atoms with Gasteiger partial charge in [-0.3, -0.25) is 14.9 Å². The van der Waals surface area contributed by atoms with Crippen LogP contribution < -0.4 is 4.90 Å². The second-order valence-corrected chi connectivity index (χ2v) is 7.37. The number of thiophene rings is 1. The average molecular weight is 352 g/mol. The van der Waals surface area contributed by atoms with E-state index in [1.165, 1.54) is 29.0 Å². The highest BCUT2D eigenvalue weighted by Gasteiger charge is 2.29. The Kier molecular flexibility index (Phi) is 3.77. The van der Waals surface area contributed by atoms with Gasteiger partial charge in [0, 0.05) is 33.9 Å². The standard InChI is InChI=1S/C19H16N2O3S/c1-12-6-7-13-4-2-3-5-16(13)20(12)19(22)18-11-14-10-15(21(23)24)8-9-17(14)25-18/h2-5,8-12H,6-7H2,1H3/t12-/m0/s1. The molecule has 0 saturated heterocycles. The number of hydrogen-bond donors (Lipinski definition) is 0. The van der Waals surface area contributed by atoms with Crippen molar-refractivity contribution in [3.63, 3.8) is 0 Å². The largest absolute Gasteiger partial charge is 0.305 e. The Morgan fingerprint density at radius 2 is 2.04 bits per heavy atom. The van der Waals surface area contributed by atoms with E-state index in [0.29, 0.717) is 4.88 Å². The maximum Gasteiger partial charge on any atom is 0.270 e. The molecular formula is C19H16N2O3S. The van der Waals surface area contributed by atoms with Crippen LogP contribution in [0, 0.1) is 10.1 Å². The highest BCUT2D eigenvalue weighted by Crippen LogP contribution is 2.35. The summed E-state index contributed by atoms with van der Waals surface area (Å²) in [7, 11) is 0. The molecule has 0 saturated carbocycles. The number of rotatable bonds is 2. The third-order valence-corrected chi connectivity index (χ3v) is 5.77. The van der Waals surface area contributed by atoms with Crippen molar-refractivity contribution in [3.8, 4) is 0 Å². The first-order valence-corrected chi connectivity index (χ1v) is 8.95. The molecule has 1 aromatic heterocycles. The van der Waals surface area contributed by atoms with E-state index in [1.54, 1.807) is 12.1 Å². The van der Waals surface area contributed by atoms with E-state index in [4.69, 9.17) is 0 Å². The number of carbonyl (C=O) groups excluding carboxylic acids is 1. The van der Waals surface area contributed by atoms with Crippen LogP contribution in [0.15, 0.2) is 48.5 Å². The number of hydrogen-bond acceptors (Lipinski definition) is 4. The minimum atomic E-state index is -0.415. The molecule has 6 heteroatoms. The van der Waals surface area contributed by atoms with Crippen LogP contribution in [0.3, 0.4) is 0 Å². The second-order valence-electron chi connectivity index (χ2n) is 6.28. The Morgan fingerprint density at radius 3 is 2.84 bits per heavy atom. The Morgan fingerprint density at radius 1 is 1.24 bits per heavy atom. The van der Waals surface area contributed by atoms with Gasteiger partial charge in [0.25, 0.3) is 11.6 Å². The number of nitro groups is 1. The van der Waals surface area contributed by atoms with E-state index in [0.717, 1.165) is 28.6 Å². The van der Waals surface area contributed by atoms with Crippen LogP contribution in [0.2, 0.25) is 0 Å². The smallest absolute Gasteiger partial charge is 0.270 e. The third kappa shape index (κ3) is 2.68. The second kappa shape index (κ2) is 5.97. The molecule has 25 heavy (non-hydrogen) atoms. The monoisotopic (exact) mass is 352 g/mol. The molecule has 0 N–H and O–H groups in total. The van der Waals surface area contributed by atoms with E-state index in [-0.39, 0.29) is 17.6 Å². The van der Waals surface area contributed by atoms with Crippen molar-refractivity contribution in [2.45, 2.75) is 25.8 Å². The molecule has 0 aliphatic carbocycles. The molecule has 0 fully saturated rings. The fourth-order valence-electron chi connectivity index (χ4n) is 3.37. The van der Waals surface area contributed by atoms with Gasteiger partial charge in [-0.25, -0.2) is 0 Å². The third-order valence-electron chi connectivity index (χ3n) is 4.66. The Balaban J connectivity index is 1.76. The van der Waals surface area contributed by atoms with E-state index in [2.05, 4.69) is 13.0 Å². The summed E-state index contributed by atoms with van der Waals surface area (Å²) in [5.41, 5.74) is 2.20. The van der Waals surface area contributed by atoms with Crippen LogP contribution in [-0.4, -0.2) is 16.9 Å². The first kappa shape index (κ1) is 15.8. The van der Waals surface area contributed by atoms with E-state index >= 15 is 0 Å². The maximum absolute atomic E-state index is 13.2. The van der Waals surface area contributed by atoms with Crippen LogP contribution in [0.5, 0.6) is 0 Å². The minimum absolute atomic E-state index is 0.0384. The molecule has 3 aromatic rings. The summed E-state index contributed by atoms with van der Waals surface area (Å²) < 4.78 is 0.881. The number of benzene rings is 2. The van der Waals surface area contributed by atoms with Gasteiger partial charge in [0.05, 0.1) is 9.80 Å². The zero-order valence-electron chi connectivity index (χ0n) is 13.6. The van der Waals surface area contributed by atoms with Gasteiger partial charge in [-0.05, 0) is 43.5 Å². The Bertz CT molecular complexity index is 995. The van der Waals surface area contributed by atoms with Gasteiger partial charge in [-0.15, -0.1) is 11.3 Å². The molecule has 0 bridgehead atoms. The van der Waals surface area contributed by atoms with Crippen LogP contribution in [0.4, 0.5) is 11.4 Å². The van der Waals surface area contributed by atoms with Gasteiger partial charge in [-0.1, -0.05) is 18.2 Å². The molecule has 5 nitrogen and oxygen atoms in total. The van der Waals surface area contributed by atoms with E-state index in [1.807, 2.05) is 23.1 Å². The molecule has 2 heterocycles. The van der Waals surface area contributed by atoms with Crippen molar-refractivity contribution in [2.75, 3.05) is 4.90 Å². The fraction of sp³-hybridized carbons (Fsp3) is 0.211. The number of fused-ring (bicyclic) bond motifs is 2. The number of nitrogens with zero attached hydrogens (tertiary/aromatic N) is 2. The molecule has 1 atom stereocenters. The number of nitro benzene ring substituents is 1. The van der Waals surface area contributed by atoms with Gasteiger partial charge in [0.2, 0.25) is 0 Å². The summed E-state index contributed by atoms with van der Waals surface area (Å²) in [6.45, 7) is 2.06. The van der Waals surface area contributed by atoms with Crippen molar-refractivity contribution in [1.82, 2.24) is 0 Å². The topological polar surface area (TPSA) is 63.5 Å². The molecule has 126 valence electrons. The predicted molar refractivity (Wildman–Crippen MR) is 99.5 cm³/mol. The minimum Gasteiger partial charge on any atom is -0.305 e. The first-order chi connectivity index (χ1) is 12.0. The van der Waals surface area contributed by atoms with Crippen molar-refractivity contribution in [1.29, 1.82) is 0 Å². The molecule has 1 aliphatic rings. The van der Waals surface area contributed by atoms with E-state index in [9.17, 15) is 14.9 Å². The summed E-state index contributed by atoms with van der Waals surface area (Å²) in [6.07, 6.45) is 1.90. The first-order valence-electron chi connectivity index (χ1n) is 8.14. The molecule has 0 spiro atoms. The SMILES string of the molecule is C[C@H]1CCc2ccccc2N1C(=O)c1cc2cc([N+](=O)[O-])ccc2s1. The van der Waals surface area contributed by atoms with Crippen LogP contribution in [0.25, 0.3) is 10.1 Å². The zero-order valence-corrected chi connectivity index (χ0v) is 14.5. The van der Waals surface area contributed by atoms with Crippen molar-refractivity contribution in [3.05, 3.63) is 69.1 Å². The van der Waals surface area contributed by atoms with Gasteiger partial charge in [-0.2, -0.15) is 0 Å². The Hall–Kier alpha value is -2.73. The fourth-order valence-corrected chi connectivity index (χ4v) is 4.35. The summed E-state index contributed by atoms with van der Waals surface area (Å²) in [5, 5.41) is 11.7. The summed E-state index contributed by atoms with van der Waals surface area (Å²) >= 11 is 1.38. The molecule has 0 unspecified atom stereocenters. The van der Waals surface area contributed by atoms with Gasteiger partial charge in [0.1, 0.15) is 0 Å². The molecule has 0 radical (unpaired) electrons. The molecule has 1 amide bonds. The molecular weight excluding hydrogens is 336 g/mol. The number of aryl methyl sites for hydroxylation is 1. The lowest BCUT2D eigenvalue weighted by atomic mass is 9.96. The lowest BCUT2D eigenvalue weighted by Crippen LogP contribution is -2.41. The quantitative estimate of drug-likeness (QED) is 0.492. The van der Waals surface area contributed by atoms with Crippen LogP contribution in [-0.2, 0) is 6.42 Å². The van der Waals surface area contributed by atoms with Crippen molar-refractivity contribution < 1.29 is 9.72 Å². The average Bonchev–Trinajstić information content (AvgIpc) is 3.04. The highest BCUT2D eigenvalue weighted by atomic mass is 32.1. The van der Waals surface area contributed by atoms with Crippen LogP contribution in [0.1, 0.15) is 28.6 Å². The van der Waals surface area contributed by atoms with Crippen molar-refractivity contribution >= 4 is 38.7 Å². The van der Waals surface area contributed by atoms with Crippen LogP contribution >= 0.6 is 11.3 Å². The maximum atomic E-state index is 13.2. The summed E-state index contributed by atoms with van der Waals surface area (Å²) in [6, 6.07) is 14.6. The zero-order chi connectivity index (χ0) is 17.6. The number of carbonyl (C=O) groups is 1. The molecule has 2 aromatic carbocycles. The normalized spacial score (nSPS) is 16.7. The van der Waals surface area contributed by atoms with Gasteiger partial charge >= 0.3 is 0 Å². The van der Waals surface area contributed by atoms with Gasteiger partial charge in [0.15, 0.2) is 0 Å². The number of anilines is 1. The van der Waals surface area contributed by atoms with E-state index < -0.39 is 4.92 Å². The summed E-state index contributed by atoms with van der Waals surface area (Å²) in [4.78, 5) is 26.2.